The third-order valence-electron chi connectivity index (χ3n) is 5.33. The molecule has 0 spiro atoms. The monoisotopic (exact) mass is 361 g/mol. The van der Waals surface area contributed by atoms with Crippen molar-refractivity contribution in [1.82, 2.24) is 4.90 Å². The van der Waals surface area contributed by atoms with Crippen molar-refractivity contribution in [3.63, 3.8) is 0 Å². The predicted molar refractivity (Wildman–Crippen MR) is 104 cm³/mol. The summed E-state index contributed by atoms with van der Waals surface area (Å²) in [5.41, 5.74) is 0.990. The topological polar surface area (TPSA) is 38.8 Å². The summed E-state index contributed by atoms with van der Waals surface area (Å²) in [6, 6.07) is 9.73. The first kappa shape index (κ1) is 19.7. The van der Waals surface area contributed by atoms with Crippen LogP contribution in [0.25, 0.3) is 0 Å². The Morgan fingerprint density at radius 1 is 1.28 bits per heavy atom. The molecular weight excluding hydrogens is 330 g/mol. The molecule has 1 saturated heterocycles. The van der Waals surface area contributed by atoms with Gasteiger partial charge in [0, 0.05) is 19.0 Å². The second-order valence-electron chi connectivity index (χ2n) is 8.26. The molecule has 0 saturated carbocycles. The van der Waals surface area contributed by atoms with Gasteiger partial charge in [0.15, 0.2) is 8.32 Å². The second kappa shape index (κ2) is 7.75. The molecule has 0 aliphatic carbocycles. The fraction of sp³-hybridized carbons (Fsp3) is 0.550. The summed E-state index contributed by atoms with van der Waals surface area (Å²) in [6.45, 7) is 16.6. The zero-order valence-corrected chi connectivity index (χ0v) is 17.1. The van der Waals surface area contributed by atoms with E-state index < -0.39 is 8.32 Å². The van der Waals surface area contributed by atoms with E-state index in [9.17, 15) is 4.79 Å². The minimum atomic E-state index is -1.89. The van der Waals surface area contributed by atoms with Crippen LogP contribution in [0, 0.1) is 5.92 Å². The number of amides is 1. The van der Waals surface area contributed by atoms with Crippen LogP contribution in [0.3, 0.4) is 0 Å². The smallest absolute Gasteiger partial charge is 0.410 e. The predicted octanol–water partition coefficient (Wildman–Crippen LogP) is 4.83. The average Bonchev–Trinajstić information content (AvgIpc) is 2.95. The van der Waals surface area contributed by atoms with Gasteiger partial charge in [-0.3, -0.25) is 0 Å². The van der Waals surface area contributed by atoms with E-state index in [1.165, 1.54) is 0 Å². The summed E-state index contributed by atoms with van der Waals surface area (Å²) in [7, 11) is -1.89. The lowest BCUT2D eigenvalue weighted by molar-refractivity contribution is 0.0979. The molecule has 0 radical (unpaired) electrons. The Hall–Kier alpha value is -1.59. The average molecular weight is 362 g/mol. The summed E-state index contributed by atoms with van der Waals surface area (Å²) in [5.74, 6) is 0.151. The minimum Gasteiger partial charge on any atom is -0.445 e. The van der Waals surface area contributed by atoms with Crippen LogP contribution in [0.4, 0.5) is 4.79 Å². The maximum atomic E-state index is 12.4. The first-order valence-electron chi connectivity index (χ1n) is 8.90. The number of carbonyl (C=O) groups is 1. The van der Waals surface area contributed by atoms with Crippen LogP contribution in [-0.2, 0) is 15.8 Å². The van der Waals surface area contributed by atoms with Crippen molar-refractivity contribution in [2.45, 2.75) is 51.6 Å². The number of nitrogens with zero attached hydrogens (tertiary/aromatic N) is 1. The van der Waals surface area contributed by atoms with Crippen molar-refractivity contribution >= 4 is 14.4 Å². The van der Waals surface area contributed by atoms with Crippen LogP contribution in [0.1, 0.15) is 26.3 Å². The molecule has 4 nitrogen and oxygen atoms in total. The van der Waals surface area contributed by atoms with Gasteiger partial charge in [-0.25, -0.2) is 4.79 Å². The van der Waals surface area contributed by atoms with Crippen molar-refractivity contribution in [2.24, 2.45) is 5.92 Å². The van der Waals surface area contributed by atoms with Crippen molar-refractivity contribution in [1.29, 1.82) is 0 Å². The third-order valence-corrected chi connectivity index (χ3v) is 9.83. The quantitative estimate of drug-likeness (QED) is 0.557. The number of carbonyl (C=O) groups excluding carboxylic acids is 1. The van der Waals surface area contributed by atoms with Crippen molar-refractivity contribution in [2.75, 3.05) is 13.1 Å². The van der Waals surface area contributed by atoms with Gasteiger partial charge in [0.25, 0.3) is 0 Å². The number of hydrogen-bond donors (Lipinski definition) is 0. The fourth-order valence-corrected chi connectivity index (χ4v) is 4.02. The number of hydrogen-bond acceptors (Lipinski definition) is 3. The maximum Gasteiger partial charge on any atom is 0.410 e. The lowest BCUT2D eigenvalue weighted by Gasteiger charge is -2.39. The summed E-state index contributed by atoms with van der Waals surface area (Å²) >= 11 is 0. The summed E-state index contributed by atoms with van der Waals surface area (Å²) in [4.78, 5) is 14.2. The van der Waals surface area contributed by atoms with Gasteiger partial charge < -0.3 is 14.1 Å². The normalized spacial score (nSPS) is 21.2. The van der Waals surface area contributed by atoms with Crippen LogP contribution >= 0.6 is 0 Å². The molecule has 1 aliphatic rings. The minimum absolute atomic E-state index is 0.00247. The van der Waals surface area contributed by atoms with Gasteiger partial charge in [0.1, 0.15) is 6.61 Å². The summed E-state index contributed by atoms with van der Waals surface area (Å²) < 4.78 is 12.0. The van der Waals surface area contributed by atoms with Crippen LogP contribution in [0.2, 0.25) is 18.1 Å². The standard InChI is InChI=1S/C20H31NO3Si/c1-7-17-13-21(14-18(17)24-25(5,6)20(2,3)4)19(22)23-15-16-11-9-8-10-12-16/h7-12,17-18H,1,13-15H2,2-6H3. The molecule has 1 aliphatic heterocycles. The first-order valence-corrected chi connectivity index (χ1v) is 11.8. The fourth-order valence-electron chi connectivity index (χ4n) is 2.67. The van der Waals surface area contributed by atoms with Crippen molar-refractivity contribution < 1.29 is 14.0 Å². The summed E-state index contributed by atoms with van der Waals surface area (Å²) in [6.07, 6.45) is 1.63. The largest absolute Gasteiger partial charge is 0.445 e. The third kappa shape index (κ3) is 4.95. The SMILES string of the molecule is C=CC1CN(C(=O)OCc2ccccc2)CC1O[Si](C)(C)C(C)(C)C. The highest BCUT2D eigenvalue weighted by Crippen LogP contribution is 2.39. The van der Waals surface area contributed by atoms with Crippen LogP contribution in [-0.4, -0.2) is 38.5 Å². The van der Waals surface area contributed by atoms with E-state index in [0.717, 1.165) is 5.56 Å². The number of rotatable bonds is 5. The highest BCUT2D eigenvalue weighted by Gasteiger charge is 2.43. The van der Waals surface area contributed by atoms with E-state index in [0.29, 0.717) is 19.7 Å². The van der Waals surface area contributed by atoms with Gasteiger partial charge in [-0.1, -0.05) is 57.2 Å². The highest BCUT2D eigenvalue weighted by atomic mass is 28.4. The van der Waals surface area contributed by atoms with Gasteiger partial charge >= 0.3 is 6.09 Å². The molecule has 0 aromatic heterocycles. The van der Waals surface area contributed by atoms with E-state index in [1.807, 2.05) is 36.4 Å². The Labute approximate surface area is 152 Å². The molecule has 0 bridgehead atoms. The van der Waals surface area contributed by atoms with Gasteiger partial charge in [-0.15, -0.1) is 6.58 Å². The Morgan fingerprint density at radius 3 is 2.48 bits per heavy atom. The lowest BCUT2D eigenvalue weighted by Crippen LogP contribution is -2.46. The molecule has 25 heavy (non-hydrogen) atoms. The molecule has 1 amide bonds. The lowest BCUT2D eigenvalue weighted by atomic mass is 10.1. The molecule has 1 aromatic rings. The molecule has 138 valence electrons. The number of ether oxygens (including phenoxy) is 1. The van der Waals surface area contributed by atoms with Crippen molar-refractivity contribution in [3.8, 4) is 0 Å². The summed E-state index contributed by atoms with van der Waals surface area (Å²) in [5, 5.41) is 0.139. The number of likely N-dealkylation sites (tertiary alicyclic amines) is 1. The zero-order valence-electron chi connectivity index (χ0n) is 16.1. The Balaban J connectivity index is 1.95. The van der Waals surface area contributed by atoms with Gasteiger partial charge in [-0.2, -0.15) is 0 Å². The molecule has 2 unspecified atom stereocenters. The second-order valence-corrected chi connectivity index (χ2v) is 13.0. The van der Waals surface area contributed by atoms with Gasteiger partial charge in [0.2, 0.25) is 0 Å². The Morgan fingerprint density at radius 2 is 1.92 bits per heavy atom. The van der Waals surface area contributed by atoms with E-state index in [2.05, 4.69) is 40.4 Å². The highest BCUT2D eigenvalue weighted by molar-refractivity contribution is 6.74. The van der Waals surface area contributed by atoms with Crippen LogP contribution in [0.15, 0.2) is 43.0 Å². The van der Waals surface area contributed by atoms with Gasteiger partial charge in [-0.05, 0) is 23.7 Å². The Kier molecular flexibility index (Phi) is 6.11. The van der Waals surface area contributed by atoms with E-state index >= 15 is 0 Å². The van der Waals surface area contributed by atoms with Gasteiger partial charge in [0.05, 0.1) is 6.10 Å². The molecule has 1 heterocycles. The van der Waals surface area contributed by atoms with E-state index in [-0.39, 0.29) is 23.2 Å². The molecule has 1 fully saturated rings. The molecule has 5 heteroatoms. The van der Waals surface area contributed by atoms with Crippen molar-refractivity contribution in [3.05, 3.63) is 48.6 Å². The molecule has 2 atom stereocenters. The zero-order chi connectivity index (χ0) is 18.7. The maximum absolute atomic E-state index is 12.4. The Bertz CT molecular complexity index is 595. The van der Waals surface area contributed by atoms with Crippen LogP contribution < -0.4 is 0 Å². The van der Waals surface area contributed by atoms with E-state index in [1.54, 1.807) is 4.90 Å². The molecule has 0 N–H and O–H groups in total. The molecule has 2 rings (SSSR count). The number of benzene rings is 1. The molecule has 1 aromatic carbocycles. The van der Waals surface area contributed by atoms with E-state index in [4.69, 9.17) is 9.16 Å². The first-order chi connectivity index (χ1) is 11.6. The van der Waals surface area contributed by atoms with Crippen LogP contribution in [0.5, 0.6) is 0 Å². The molecular formula is C20H31NO3Si.